The second kappa shape index (κ2) is 3.27. The van der Waals surface area contributed by atoms with Crippen molar-refractivity contribution in [1.29, 1.82) is 0 Å². The van der Waals surface area contributed by atoms with Gasteiger partial charge in [0.25, 0.3) is 5.56 Å². The van der Waals surface area contributed by atoms with Gasteiger partial charge in [-0.05, 0) is 18.2 Å². The highest BCUT2D eigenvalue weighted by Gasteiger charge is 2.11. The standard InChI is InChI=1S/C11H6Cl2N2O/c12-6-5-9-11(16)14-7-3-1-2-4-8(7)15(9)10(6)13/h1-5H,(H,14,16). The van der Waals surface area contributed by atoms with Crippen molar-refractivity contribution in [3.8, 4) is 0 Å². The van der Waals surface area contributed by atoms with E-state index in [1.54, 1.807) is 10.5 Å². The summed E-state index contributed by atoms with van der Waals surface area (Å²) in [4.78, 5) is 14.5. The molecule has 0 radical (unpaired) electrons. The Morgan fingerprint density at radius 1 is 1.12 bits per heavy atom. The van der Waals surface area contributed by atoms with Crippen LogP contribution in [0.3, 0.4) is 0 Å². The third kappa shape index (κ3) is 1.19. The van der Waals surface area contributed by atoms with Gasteiger partial charge in [0.1, 0.15) is 10.7 Å². The molecular weight excluding hydrogens is 247 g/mol. The first kappa shape index (κ1) is 9.75. The number of nitrogens with one attached hydrogen (secondary N) is 1. The lowest BCUT2D eigenvalue weighted by Gasteiger charge is -2.02. The van der Waals surface area contributed by atoms with Crippen molar-refractivity contribution in [2.75, 3.05) is 0 Å². The minimum absolute atomic E-state index is 0.201. The van der Waals surface area contributed by atoms with Crippen molar-refractivity contribution in [3.63, 3.8) is 0 Å². The number of aromatic amines is 1. The first-order chi connectivity index (χ1) is 7.68. The molecule has 0 aliphatic rings. The van der Waals surface area contributed by atoms with E-state index in [-0.39, 0.29) is 5.56 Å². The van der Waals surface area contributed by atoms with Crippen LogP contribution in [-0.2, 0) is 0 Å². The average Bonchev–Trinajstić information content (AvgIpc) is 2.57. The van der Waals surface area contributed by atoms with E-state index in [0.29, 0.717) is 15.7 Å². The first-order valence-corrected chi connectivity index (χ1v) is 5.41. The zero-order valence-electron chi connectivity index (χ0n) is 8.00. The molecule has 0 spiro atoms. The van der Waals surface area contributed by atoms with Gasteiger partial charge in [-0.2, -0.15) is 0 Å². The van der Waals surface area contributed by atoms with Crippen LogP contribution >= 0.6 is 23.2 Å². The first-order valence-electron chi connectivity index (χ1n) is 4.66. The molecule has 0 amide bonds. The second-order valence-electron chi connectivity index (χ2n) is 3.48. The van der Waals surface area contributed by atoms with Crippen LogP contribution in [0.1, 0.15) is 0 Å². The SMILES string of the molecule is O=c1[nH]c2ccccc2n2c(Cl)c(Cl)cc12. The number of aromatic nitrogens is 2. The molecule has 0 aliphatic heterocycles. The van der Waals surface area contributed by atoms with E-state index < -0.39 is 0 Å². The summed E-state index contributed by atoms with van der Waals surface area (Å²) in [6.45, 7) is 0. The molecule has 0 unspecified atom stereocenters. The summed E-state index contributed by atoms with van der Waals surface area (Å²) in [6.07, 6.45) is 0. The number of hydrogen-bond acceptors (Lipinski definition) is 1. The van der Waals surface area contributed by atoms with Gasteiger partial charge in [-0.25, -0.2) is 0 Å². The lowest BCUT2D eigenvalue weighted by molar-refractivity contribution is 1.19. The van der Waals surface area contributed by atoms with Crippen LogP contribution in [-0.4, -0.2) is 9.38 Å². The maximum Gasteiger partial charge on any atom is 0.272 e. The molecule has 2 heterocycles. The summed E-state index contributed by atoms with van der Waals surface area (Å²) in [6, 6.07) is 8.99. The van der Waals surface area contributed by atoms with Gasteiger partial charge in [0, 0.05) is 0 Å². The maximum atomic E-state index is 11.8. The Balaban J connectivity index is 2.73. The molecule has 1 aromatic carbocycles. The van der Waals surface area contributed by atoms with Gasteiger partial charge in [0.2, 0.25) is 0 Å². The van der Waals surface area contributed by atoms with Gasteiger partial charge in [0.15, 0.2) is 0 Å². The largest absolute Gasteiger partial charge is 0.319 e. The number of nitrogens with zero attached hydrogens (tertiary/aromatic N) is 1. The predicted molar refractivity (Wildman–Crippen MR) is 65.5 cm³/mol. The molecule has 1 N–H and O–H groups in total. The van der Waals surface area contributed by atoms with Crippen LogP contribution in [0.2, 0.25) is 10.2 Å². The smallest absolute Gasteiger partial charge is 0.272 e. The Bertz CT molecular complexity index is 758. The van der Waals surface area contributed by atoms with E-state index >= 15 is 0 Å². The molecule has 3 aromatic rings. The summed E-state index contributed by atoms with van der Waals surface area (Å²) in [5.41, 5.74) is 1.81. The van der Waals surface area contributed by atoms with Crippen LogP contribution in [0.25, 0.3) is 16.6 Å². The fraction of sp³-hybridized carbons (Fsp3) is 0. The van der Waals surface area contributed by atoms with E-state index in [9.17, 15) is 4.79 Å². The third-order valence-corrected chi connectivity index (χ3v) is 3.28. The Kier molecular flexibility index (Phi) is 1.99. The molecule has 0 aliphatic carbocycles. The summed E-state index contributed by atoms with van der Waals surface area (Å²) >= 11 is 12.0. The quantitative estimate of drug-likeness (QED) is 0.656. The summed E-state index contributed by atoms with van der Waals surface area (Å²) in [5.74, 6) is 0. The summed E-state index contributed by atoms with van der Waals surface area (Å²) < 4.78 is 1.65. The predicted octanol–water partition coefficient (Wildman–Crippen LogP) is 3.09. The van der Waals surface area contributed by atoms with Crippen molar-refractivity contribution < 1.29 is 0 Å². The summed E-state index contributed by atoms with van der Waals surface area (Å²) in [5, 5.41) is 0.738. The lowest BCUT2D eigenvalue weighted by Crippen LogP contribution is -2.09. The minimum Gasteiger partial charge on any atom is -0.319 e. The second-order valence-corrected chi connectivity index (χ2v) is 4.24. The van der Waals surface area contributed by atoms with Gasteiger partial charge in [-0.15, -0.1) is 0 Å². The van der Waals surface area contributed by atoms with Crippen molar-refractivity contribution in [2.45, 2.75) is 0 Å². The average molecular weight is 253 g/mol. The normalized spacial score (nSPS) is 11.4. The Morgan fingerprint density at radius 3 is 2.69 bits per heavy atom. The van der Waals surface area contributed by atoms with E-state index in [1.807, 2.05) is 24.3 Å². The van der Waals surface area contributed by atoms with Gasteiger partial charge in [-0.1, -0.05) is 35.3 Å². The van der Waals surface area contributed by atoms with E-state index in [0.717, 1.165) is 11.0 Å². The molecular formula is C11H6Cl2N2O. The Hall–Kier alpha value is -1.45. The van der Waals surface area contributed by atoms with Gasteiger partial charge >= 0.3 is 0 Å². The van der Waals surface area contributed by atoms with E-state index in [1.165, 1.54) is 0 Å². The Morgan fingerprint density at radius 2 is 1.88 bits per heavy atom. The van der Waals surface area contributed by atoms with Crippen LogP contribution in [0.4, 0.5) is 0 Å². The third-order valence-electron chi connectivity index (χ3n) is 2.52. The number of hydrogen-bond donors (Lipinski definition) is 1. The van der Waals surface area contributed by atoms with Crippen molar-refractivity contribution >= 4 is 39.8 Å². The Labute approximate surface area is 100 Å². The monoisotopic (exact) mass is 252 g/mol. The lowest BCUT2D eigenvalue weighted by atomic mass is 10.3. The molecule has 0 fully saturated rings. The molecule has 2 aromatic heterocycles. The van der Waals surface area contributed by atoms with Gasteiger partial charge in [-0.3, -0.25) is 9.20 Å². The zero-order chi connectivity index (χ0) is 11.3. The summed E-state index contributed by atoms with van der Waals surface area (Å²) in [7, 11) is 0. The fourth-order valence-corrected chi connectivity index (χ4v) is 2.24. The molecule has 0 bridgehead atoms. The number of H-pyrrole nitrogens is 1. The molecule has 80 valence electrons. The highest BCUT2D eigenvalue weighted by Crippen LogP contribution is 2.27. The number of fused-ring (bicyclic) bond motifs is 3. The topological polar surface area (TPSA) is 37.3 Å². The molecule has 0 saturated carbocycles. The van der Waals surface area contributed by atoms with Crippen LogP contribution in [0.15, 0.2) is 35.1 Å². The van der Waals surface area contributed by atoms with Crippen molar-refractivity contribution in [3.05, 3.63) is 50.9 Å². The van der Waals surface area contributed by atoms with E-state index in [4.69, 9.17) is 23.2 Å². The molecule has 3 rings (SSSR count). The number of benzene rings is 1. The molecule has 16 heavy (non-hydrogen) atoms. The highest BCUT2D eigenvalue weighted by atomic mass is 35.5. The molecule has 5 heteroatoms. The van der Waals surface area contributed by atoms with E-state index in [2.05, 4.69) is 4.98 Å². The molecule has 0 atom stereocenters. The van der Waals surface area contributed by atoms with Gasteiger partial charge < -0.3 is 4.98 Å². The number of halogens is 2. The fourth-order valence-electron chi connectivity index (χ4n) is 1.82. The molecule has 0 saturated heterocycles. The van der Waals surface area contributed by atoms with Crippen molar-refractivity contribution in [1.82, 2.24) is 9.38 Å². The number of para-hydroxylation sites is 2. The minimum atomic E-state index is -0.201. The zero-order valence-corrected chi connectivity index (χ0v) is 9.51. The van der Waals surface area contributed by atoms with Crippen LogP contribution in [0, 0.1) is 0 Å². The van der Waals surface area contributed by atoms with Gasteiger partial charge in [0.05, 0.1) is 16.1 Å². The van der Waals surface area contributed by atoms with Crippen molar-refractivity contribution in [2.24, 2.45) is 0 Å². The maximum absolute atomic E-state index is 11.8. The molecule has 3 nitrogen and oxygen atoms in total. The van der Waals surface area contributed by atoms with Crippen LogP contribution < -0.4 is 5.56 Å². The van der Waals surface area contributed by atoms with Crippen LogP contribution in [0.5, 0.6) is 0 Å². The highest BCUT2D eigenvalue weighted by molar-refractivity contribution is 6.42. The number of rotatable bonds is 0.